The first kappa shape index (κ1) is 17.5. The molecule has 25 heavy (non-hydrogen) atoms. The molecule has 0 unspecified atom stereocenters. The minimum absolute atomic E-state index is 0.0243. The lowest BCUT2D eigenvalue weighted by atomic mass is 10.4. The summed E-state index contributed by atoms with van der Waals surface area (Å²) in [5.41, 5.74) is 0. The lowest BCUT2D eigenvalue weighted by Gasteiger charge is -2.08. The van der Waals surface area contributed by atoms with Crippen molar-refractivity contribution in [3.63, 3.8) is 0 Å². The summed E-state index contributed by atoms with van der Waals surface area (Å²) in [6.45, 7) is 0.441. The first-order valence-electron chi connectivity index (χ1n) is 7.02. The fraction of sp³-hybridized carbons (Fsp3) is 0.0667. The Bertz CT molecular complexity index is 961. The van der Waals surface area contributed by atoms with Crippen LogP contribution >= 0.6 is 23.2 Å². The predicted octanol–water partition coefficient (Wildman–Crippen LogP) is 3.79. The summed E-state index contributed by atoms with van der Waals surface area (Å²) in [6.07, 6.45) is 1.57. The van der Waals surface area contributed by atoms with E-state index in [0.29, 0.717) is 12.4 Å². The van der Waals surface area contributed by atoms with E-state index in [0.717, 1.165) is 5.76 Å². The highest BCUT2D eigenvalue weighted by atomic mass is 35.5. The molecule has 2 heterocycles. The number of hydrogen-bond acceptors (Lipinski definition) is 6. The van der Waals surface area contributed by atoms with Crippen molar-refractivity contribution in [2.24, 2.45) is 0 Å². The van der Waals surface area contributed by atoms with Gasteiger partial charge in [0.15, 0.2) is 5.82 Å². The van der Waals surface area contributed by atoms with Gasteiger partial charge in [0.1, 0.15) is 11.6 Å². The van der Waals surface area contributed by atoms with Crippen LogP contribution in [0.25, 0.3) is 0 Å². The number of nitrogens with zero attached hydrogens (tertiary/aromatic N) is 2. The Balaban J connectivity index is 1.68. The van der Waals surface area contributed by atoms with Crippen LogP contribution in [-0.2, 0) is 16.6 Å². The van der Waals surface area contributed by atoms with E-state index >= 15 is 0 Å². The summed E-state index contributed by atoms with van der Waals surface area (Å²) < 4.78 is 32.2. The predicted molar refractivity (Wildman–Crippen MR) is 95.3 cm³/mol. The van der Waals surface area contributed by atoms with Gasteiger partial charge in [-0.1, -0.05) is 23.2 Å². The first-order chi connectivity index (χ1) is 11.9. The lowest BCUT2D eigenvalue weighted by Crippen LogP contribution is -2.14. The Labute approximate surface area is 154 Å². The molecule has 0 radical (unpaired) electrons. The fourth-order valence-electron chi connectivity index (χ4n) is 1.91. The van der Waals surface area contributed by atoms with E-state index in [1.807, 2.05) is 6.07 Å². The van der Waals surface area contributed by atoms with E-state index in [9.17, 15) is 8.42 Å². The molecule has 2 N–H and O–H groups in total. The maximum atomic E-state index is 12.3. The number of benzene rings is 1. The van der Waals surface area contributed by atoms with E-state index in [-0.39, 0.29) is 20.8 Å². The molecule has 0 bridgehead atoms. The lowest BCUT2D eigenvalue weighted by molar-refractivity contribution is 0.517. The summed E-state index contributed by atoms with van der Waals surface area (Å²) in [6, 6.07) is 10.7. The van der Waals surface area contributed by atoms with E-state index in [2.05, 4.69) is 20.2 Å². The molecule has 0 saturated heterocycles. The minimum Gasteiger partial charge on any atom is -0.467 e. The number of nitrogens with one attached hydrogen (secondary N) is 2. The van der Waals surface area contributed by atoms with Gasteiger partial charge >= 0.3 is 0 Å². The molecular formula is C15H12Cl2N4O3S. The highest BCUT2D eigenvalue weighted by Crippen LogP contribution is 2.25. The fourth-order valence-corrected chi connectivity index (χ4v) is 3.30. The van der Waals surface area contributed by atoms with E-state index in [4.69, 9.17) is 27.6 Å². The van der Waals surface area contributed by atoms with E-state index in [1.165, 1.54) is 24.3 Å². The van der Waals surface area contributed by atoms with Crippen molar-refractivity contribution in [2.75, 3.05) is 10.0 Å². The SMILES string of the molecule is O=S(=O)(Nc1ccc(NCc2ccco2)nn1)c1ccc(Cl)c(Cl)c1. The zero-order chi connectivity index (χ0) is 17.9. The molecule has 0 spiro atoms. The van der Waals surface area contributed by atoms with Gasteiger partial charge in [-0.05, 0) is 42.5 Å². The largest absolute Gasteiger partial charge is 0.467 e. The number of anilines is 2. The Morgan fingerprint density at radius 3 is 2.40 bits per heavy atom. The third-order valence-electron chi connectivity index (χ3n) is 3.13. The first-order valence-corrected chi connectivity index (χ1v) is 9.26. The van der Waals surface area contributed by atoms with Gasteiger partial charge < -0.3 is 9.73 Å². The van der Waals surface area contributed by atoms with Crippen molar-refractivity contribution in [1.29, 1.82) is 0 Å². The van der Waals surface area contributed by atoms with Crippen molar-refractivity contribution in [2.45, 2.75) is 11.4 Å². The highest BCUT2D eigenvalue weighted by molar-refractivity contribution is 7.92. The second kappa shape index (κ2) is 7.30. The maximum absolute atomic E-state index is 12.3. The van der Waals surface area contributed by atoms with Gasteiger partial charge in [0, 0.05) is 0 Å². The Kier molecular flexibility index (Phi) is 5.12. The summed E-state index contributed by atoms with van der Waals surface area (Å²) >= 11 is 11.6. The Hall–Kier alpha value is -2.29. The molecule has 0 saturated carbocycles. The van der Waals surface area contributed by atoms with Crippen LogP contribution in [0.1, 0.15) is 5.76 Å². The molecule has 2 aromatic heterocycles. The number of hydrogen-bond donors (Lipinski definition) is 2. The molecule has 0 atom stereocenters. The zero-order valence-corrected chi connectivity index (χ0v) is 14.9. The molecule has 130 valence electrons. The average Bonchev–Trinajstić information content (AvgIpc) is 3.10. The Morgan fingerprint density at radius 2 is 1.76 bits per heavy atom. The van der Waals surface area contributed by atoms with E-state index < -0.39 is 10.0 Å². The number of aromatic nitrogens is 2. The van der Waals surface area contributed by atoms with Crippen LogP contribution in [-0.4, -0.2) is 18.6 Å². The molecular weight excluding hydrogens is 387 g/mol. The van der Waals surface area contributed by atoms with E-state index in [1.54, 1.807) is 18.4 Å². The van der Waals surface area contributed by atoms with Gasteiger partial charge in [-0.15, -0.1) is 10.2 Å². The zero-order valence-electron chi connectivity index (χ0n) is 12.6. The third-order valence-corrected chi connectivity index (χ3v) is 5.22. The molecule has 7 nitrogen and oxygen atoms in total. The van der Waals surface area contributed by atoms with Crippen LogP contribution in [0, 0.1) is 0 Å². The number of sulfonamides is 1. The van der Waals surface area contributed by atoms with Crippen molar-refractivity contribution in [1.82, 2.24) is 10.2 Å². The summed E-state index contributed by atoms with van der Waals surface area (Å²) in [7, 11) is -3.84. The van der Waals surface area contributed by atoms with Crippen LogP contribution in [0.4, 0.5) is 11.6 Å². The minimum atomic E-state index is -3.84. The van der Waals surface area contributed by atoms with Gasteiger partial charge in [0.2, 0.25) is 0 Å². The second-order valence-corrected chi connectivity index (χ2v) is 7.41. The van der Waals surface area contributed by atoms with Crippen LogP contribution in [0.15, 0.2) is 58.0 Å². The summed E-state index contributed by atoms with van der Waals surface area (Å²) in [5, 5.41) is 11.2. The van der Waals surface area contributed by atoms with Crippen molar-refractivity contribution in [3.8, 4) is 0 Å². The molecule has 3 aromatic rings. The Morgan fingerprint density at radius 1 is 1.00 bits per heavy atom. The summed E-state index contributed by atoms with van der Waals surface area (Å²) in [5.74, 6) is 1.30. The molecule has 0 aliphatic rings. The number of halogens is 2. The summed E-state index contributed by atoms with van der Waals surface area (Å²) in [4.78, 5) is -0.0243. The third kappa shape index (κ3) is 4.41. The van der Waals surface area contributed by atoms with Crippen LogP contribution in [0.3, 0.4) is 0 Å². The molecule has 0 fully saturated rings. The molecule has 3 rings (SSSR count). The monoisotopic (exact) mass is 398 g/mol. The van der Waals surface area contributed by atoms with Crippen molar-refractivity contribution < 1.29 is 12.8 Å². The molecule has 0 aliphatic heterocycles. The second-order valence-electron chi connectivity index (χ2n) is 4.92. The van der Waals surface area contributed by atoms with Gasteiger partial charge in [-0.3, -0.25) is 4.72 Å². The number of rotatable bonds is 6. The molecule has 1 aromatic carbocycles. The average molecular weight is 399 g/mol. The van der Waals surface area contributed by atoms with Gasteiger partial charge in [-0.2, -0.15) is 0 Å². The normalized spacial score (nSPS) is 11.3. The molecule has 0 amide bonds. The van der Waals surface area contributed by atoms with Crippen LogP contribution in [0.5, 0.6) is 0 Å². The molecule has 0 aliphatic carbocycles. The van der Waals surface area contributed by atoms with Crippen LogP contribution in [0.2, 0.25) is 10.0 Å². The number of furan rings is 1. The maximum Gasteiger partial charge on any atom is 0.263 e. The van der Waals surface area contributed by atoms with Gasteiger partial charge in [0.25, 0.3) is 10.0 Å². The van der Waals surface area contributed by atoms with Gasteiger partial charge in [0.05, 0.1) is 27.7 Å². The smallest absolute Gasteiger partial charge is 0.263 e. The quantitative estimate of drug-likeness (QED) is 0.655. The van der Waals surface area contributed by atoms with Crippen molar-refractivity contribution in [3.05, 3.63) is 64.5 Å². The van der Waals surface area contributed by atoms with Crippen LogP contribution < -0.4 is 10.0 Å². The topological polar surface area (TPSA) is 97.1 Å². The standard InChI is InChI=1S/C15H12Cl2N4O3S/c16-12-4-3-11(8-13(12)17)25(22,23)21-15-6-5-14(19-20-15)18-9-10-2-1-7-24-10/h1-8H,9H2,(H,18,19)(H,20,21). The van der Waals surface area contributed by atoms with Gasteiger partial charge in [-0.25, -0.2) is 8.42 Å². The van der Waals surface area contributed by atoms with Crippen molar-refractivity contribution >= 4 is 44.9 Å². The highest BCUT2D eigenvalue weighted by Gasteiger charge is 2.16. The molecule has 10 heteroatoms.